The van der Waals surface area contributed by atoms with Crippen LogP contribution < -0.4 is 10.3 Å². The number of piperidine rings is 1. The average Bonchev–Trinajstić information content (AvgIpc) is 3.40. The minimum absolute atomic E-state index is 0.0121. The quantitative estimate of drug-likeness (QED) is 0.476. The van der Waals surface area contributed by atoms with Crippen LogP contribution in [0.5, 0.6) is 5.75 Å². The molecule has 2 aromatic heterocycles. The Morgan fingerprint density at radius 1 is 1.24 bits per heavy atom. The zero-order valence-corrected chi connectivity index (χ0v) is 21.4. The molecule has 3 heterocycles. The lowest BCUT2D eigenvalue weighted by atomic mass is 10.1. The number of likely N-dealkylation sites (tertiary alicyclic amines) is 1. The minimum Gasteiger partial charge on any atom is -0.490 e. The summed E-state index contributed by atoms with van der Waals surface area (Å²) in [5.41, 5.74) is 3.70. The Bertz CT molecular complexity index is 1260. The maximum atomic E-state index is 12.7. The highest BCUT2D eigenvalue weighted by Crippen LogP contribution is 2.34. The number of aromatic nitrogens is 2. The van der Waals surface area contributed by atoms with Gasteiger partial charge in [0.15, 0.2) is 0 Å². The number of carbonyl (C=O) groups is 1. The molecule has 1 fully saturated rings. The summed E-state index contributed by atoms with van der Waals surface area (Å²) in [6, 6.07) is 6.22. The van der Waals surface area contributed by atoms with Crippen molar-refractivity contribution in [1.29, 1.82) is 0 Å². The van der Waals surface area contributed by atoms with Crippen LogP contribution >= 0.6 is 23.1 Å². The highest BCUT2D eigenvalue weighted by molar-refractivity contribution is 7.98. The number of carbonyl (C=O) groups excluding carboxylic acids is 1. The van der Waals surface area contributed by atoms with Gasteiger partial charge in [-0.3, -0.25) is 9.59 Å². The van der Waals surface area contributed by atoms with E-state index in [1.165, 1.54) is 21.6 Å². The van der Waals surface area contributed by atoms with Crippen molar-refractivity contribution in [2.75, 3.05) is 18.8 Å². The molecule has 0 saturated carbocycles. The number of thiophene rings is 1. The van der Waals surface area contributed by atoms with Crippen LogP contribution in [0, 0.1) is 13.8 Å². The zero-order valence-electron chi connectivity index (χ0n) is 19.8. The van der Waals surface area contributed by atoms with Gasteiger partial charge in [-0.05, 0) is 61.9 Å². The molecule has 1 N–H and O–H groups in total. The zero-order chi connectivity index (χ0) is 23.7. The first kappa shape index (κ1) is 23.4. The van der Waals surface area contributed by atoms with Gasteiger partial charge in [-0.25, -0.2) is 4.98 Å². The summed E-state index contributed by atoms with van der Waals surface area (Å²) in [5.74, 6) is 3.16. The average molecular weight is 498 g/mol. The SMILES string of the molecule is Cc1ccc(OC2CCN(C(=O)CCSCc3nc4sc5c(c4c(=O)[nH]3)CCC5)CC2)cc1C. The number of fused-ring (bicyclic) bond motifs is 3. The van der Waals surface area contributed by atoms with Crippen LogP contribution in [0.25, 0.3) is 10.2 Å². The lowest BCUT2D eigenvalue weighted by molar-refractivity contribution is -0.132. The van der Waals surface area contributed by atoms with Gasteiger partial charge < -0.3 is 14.6 Å². The Hall–Kier alpha value is -2.32. The van der Waals surface area contributed by atoms with Crippen molar-refractivity contribution in [3.63, 3.8) is 0 Å². The van der Waals surface area contributed by atoms with E-state index in [4.69, 9.17) is 9.72 Å². The highest BCUT2D eigenvalue weighted by atomic mass is 32.2. The molecule has 1 amide bonds. The lowest BCUT2D eigenvalue weighted by Gasteiger charge is -2.32. The van der Waals surface area contributed by atoms with Crippen LogP contribution in [0.2, 0.25) is 0 Å². The topological polar surface area (TPSA) is 75.3 Å². The smallest absolute Gasteiger partial charge is 0.259 e. The van der Waals surface area contributed by atoms with E-state index in [-0.39, 0.29) is 17.6 Å². The number of rotatable bonds is 7. The van der Waals surface area contributed by atoms with Crippen LogP contribution in [-0.4, -0.2) is 45.7 Å². The number of H-pyrrole nitrogens is 1. The van der Waals surface area contributed by atoms with Gasteiger partial charge in [-0.15, -0.1) is 11.3 Å². The maximum Gasteiger partial charge on any atom is 0.259 e. The molecule has 8 heteroatoms. The van der Waals surface area contributed by atoms with E-state index in [0.717, 1.165) is 66.9 Å². The maximum absolute atomic E-state index is 12.7. The molecule has 0 atom stereocenters. The summed E-state index contributed by atoms with van der Waals surface area (Å²) >= 11 is 3.32. The summed E-state index contributed by atoms with van der Waals surface area (Å²) in [6.07, 6.45) is 5.59. The van der Waals surface area contributed by atoms with Crippen molar-refractivity contribution in [3.8, 4) is 5.75 Å². The fourth-order valence-electron chi connectivity index (χ4n) is 4.80. The van der Waals surface area contributed by atoms with E-state index in [1.54, 1.807) is 23.1 Å². The number of nitrogens with one attached hydrogen (secondary N) is 1. The first-order valence-electron chi connectivity index (χ1n) is 12.1. The number of aromatic amines is 1. The Morgan fingerprint density at radius 2 is 2.06 bits per heavy atom. The fraction of sp³-hybridized carbons (Fsp3) is 0.500. The lowest BCUT2D eigenvalue weighted by Crippen LogP contribution is -2.41. The second kappa shape index (κ2) is 10.1. The molecule has 5 rings (SSSR count). The third-order valence-corrected chi connectivity index (χ3v) is 9.06. The predicted molar refractivity (Wildman–Crippen MR) is 139 cm³/mol. The van der Waals surface area contributed by atoms with Crippen molar-refractivity contribution in [3.05, 3.63) is 55.9 Å². The van der Waals surface area contributed by atoms with Gasteiger partial charge in [0.25, 0.3) is 5.56 Å². The van der Waals surface area contributed by atoms with Crippen LogP contribution in [0.4, 0.5) is 0 Å². The van der Waals surface area contributed by atoms with E-state index >= 15 is 0 Å². The molecule has 6 nitrogen and oxygen atoms in total. The number of hydrogen-bond acceptors (Lipinski definition) is 6. The van der Waals surface area contributed by atoms with E-state index in [2.05, 4.69) is 31.0 Å². The van der Waals surface area contributed by atoms with Gasteiger partial charge in [-0.1, -0.05) is 6.07 Å². The fourth-order valence-corrected chi connectivity index (χ4v) is 6.88. The summed E-state index contributed by atoms with van der Waals surface area (Å²) in [7, 11) is 0. The number of aryl methyl sites for hydroxylation is 4. The molecule has 0 unspecified atom stereocenters. The second-order valence-electron chi connectivity index (χ2n) is 9.30. The summed E-state index contributed by atoms with van der Waals surface area (Å²) in [5, 5.41) is 0.798. The molecule has 2 aliphatic rings. The molecular formula is C26H31N3O3S2. The van der Waals surface area contributed by atoms with Gasteiger partial charge in [0.05, 0.1) is 11.1 Å². The Morgan fingerprint density at radius 3 is 2.85 bits per heavy atom. The van der Waals surface area contributed by atoms with Crippen molar-refractivity contribution >= 4 is 39.2 Å². The van der Waals surface area contributed by atoms with Crippen LogP contribution in [-0.2, 0) is 23.4 Å². The molecule has 1 aromatic carbocycles. The number of amides is 1. The molecule has 1 saturated heterocycles. The number of ether oxygens (including phenoxy) is 1. The van der Waals surface area contributed by atoms with Crippen molar-refractivity contribution in [2.24, 2.45) is 0 Å². The summed E-state index contributed by atoms with van der Waals surface area (Å²) in [4.78, 5) is 37.0. The molecular weight excluding hydrogens is 466 g/mol. The summed E-state index contributed by atoms with van der Waals surface area (Å²) < 4.78 is 6.15. The molecule has 34 heavy (non-hydrogen) atoms. The van der Waals surface area contributed by atoms with Gasteiger partial charge in [-0.2, -0.15) is 11.8 Å². The molecule has 1 aliphatic carbocycles. The van der Waals surface area contributed by atoms with Crippen LogP contribution in [0.15, 0.2) is 23.0 Å². The van der Waals surface area contributed by atoms with Gasteiger partial charge in [0, 0.05) is 43.0 Å². The number of nitrogens with zero attached hydrogens (tertiary/aromatic N) is 2. The standard InChI is InChI=1S/C26H31N3O3S2/c1-16-6-7-19(14-17(16)2)32-18-8-11-29(12-9-18)23(30)10-13-33-15-22-27-25(31)24-20-4-3-5-21(20)34-26(24)28-22/h6-7,14,18H,3-5,8-13,15H2,1-2H3,(H,27,28,31). The van der Waals surface area contributed by atoms with E-state index in [9.17, 15) is 9.59 Å². The molecule has 180 valence electrons. The van der Waals surface area contributed by atoms with E-state index < -0.39 is 0 Å². The third kappa shape index (κ3) is 5.03. The van der Waals surface area contributed by atoms with Crippen molar-refractivity contribution in [1.82, 2.24) is 14.9 Å². The normalized spacial score (nSPS) is 16.2. The van der Waals surface area contributed by atoms with Gasteiger partial charge in [0.2, 0.25) is 5.91 Å². The van der Waals surface area contributed by atoms with E-state index in [0.29, 0.717) is 18.0 Å². The molecule has 0 radical (unpaired) electrons. The monoisotopic (exact) mass is 497 g/mol. The van der Waals surface area contributed by atoms with Crippen LogP contribution in [0.3, 0.4) is 0 Å². The Kier molecular flexibility index (Phi) is 6.97. The number of hydrogen-bond donors (Lipinski definition) is 1. The first-order chi connectivity index (χ1) is 16.5. The van der Waals surface area contributed by atoms with Crippen molar-refractivity contribution < 1.29 is 9.53 Å². The second-order valence-corrected chi connectivity index (χ2v) is 11.5. The first-order valence-corrected chi connectivity index (χ1v) is 14.1. The van der Waals surface area contributed by atoms with Crippen LogP contribution in [0.1, 0.15) is 53.1 Å². The molecule has 1 aliphatic heterocycles. The number of benzene rings is 1. The number of thioether (sulfide) groups is 1. The van der Waals surface area contributed by atoms with E-state index in [1.807, 2.05) is 11.0 Å². The van der Waals surface area contributed by atoms with Crippen molar-refractivity contribution in [2.45, 2.75) is 64.2 Å². The molecule has 0 spiro atoms. The molecule has 0 bridgehead atoms. The predicted octanol–water partition coefficient (Wildman–Crippen LogP) is 4.78. The Labute approximate surface area is 208 Å². The van der Waals surface area contributed by atoms with Gasteiger partial charge >= 0.3 is 0 Å². The minimum atomic E-state index is -0.0121. The molecule has 3 aromatic rings. The summed E-state index contributed by atoms with van der Waals surface area (Å²) in [6.45, 7) is 5.69. The largest absolute Gasteiger partial charge is 0.490 e. The third-order valence-electron chi connectivity index (χ3n) is 6.90. The Balaban J connectivity index is 1.06. The highest BCUT2D eigenvalue weighted by Gasteiger charge is 2.24. The van der Waals surface area contributed by atoms with Gasteiger partial charge in [0.1, 0.15) is 22.5 Å².